The summed E-state index contributed by atoms with van der Waals surface area (Å²) >= 11 is 0. The van der Waals surface area contributed by atoms with Gasteiger partial charge in [-0.05, 0) is 25.1 Å². The highest BCUT2D eigenvalue weighted by atomic mass is 16.4. The van der Waals surface area contributed by atoms with E-state index >= 15 is 0 Å². The Labute approximate surface area is 100 Å². The molecule has 17 heavy (non-hydrogen) atoms. The summed E-state index contributed by atoms with van der Waals surface area (Å²) in [5.74, 6) is 1.13. The van der Waals surface area contributed by atoms with E-state index in [0.717, 1.165) is 25.9 Å². The second-order valence-corrected chi connectivity index (χ2v) is 3.72. The molecule has 0 aliphatic rings. The van der Waals surface area contributed by atoms with Crippen molar-refractivity contribution in [3.8, 4) is 11.6 Å². The van der Waals surface area contributed by atoms with Crippen LogP contribution in [-0.4, -0.2) is 28.3 Å². The largest absolute Gasteiger partial charge is 0.419 e. The molecule has 2 heterocycles. The van der Waals surface area contributed by atoms with E-state index in [2.05, 4.69) is 27.4 Å². The van der Waals surface area contributed by atoms with Crippen molar-refractivity contribution in [2.75, 3.05) is 13.1 Å². The molecule has 0 saturated heterocycles. The van der Waals surface area contributed by atoms with Crippen molar-refractivity contribution < 1.29 is 4.42 Å². The molecule has 5 nitrogen and oxygen atoms in total. The second kappa shape index (κ2) is 6.10. The highest BCUT2D eigenvalue weighted by Gasteiger charge is 2.08. The number of rotatable bonds is 6. The molecule has 0 bridgehead atoms. The highest BCUT2D eigenvalue weighted by molar-refractivity contribution is 5.44. The van der Waals surface area contributed by atoms with Crippen LogP contribution >= 0.6 is 0 Å². The zero-order valence-corrected chi connectivity index (χ0v) is 9.89. The van der Waals surface area contributed by atoms with Crippen molar-refractivity contribution in [3.05, 3.63) is 30.3 Å². The number of nitrogens with one attached hydrogen (secondary N) is 1. The molecule has 0 spiro atoms. The van der Waals surface area contributed by atoms with Gasteiger partial charge in [-0.15, -0.1) is 10.2 Å². The van der Waals surface area contributed by atoms with E-state index in [0.29, 0.717) is 17.5 Å². The highest BCUT2D eigenvalue weighted by Crippen LogP contribution is 2.13. The summed E-state index contributed by atoms with van der Waals surface area (Å²) < 4.78 is 5.53. The molecule has 0 saturated carbocycles. The smallest absolute Gasteiger partial charge is 0.266 e. The Balaban J connectivity index is 1.92. The van der Waals surface area contributed by atoms with Gasteiger partial charge >= 0.3 is 0 Å². The van der Waals surface area contributed by atoms with Gasteiger partial charge in [0.15, 0.2) is 0 Å². The Morgan fingerprint density at radius 3 is 2.94 bits per heavy atom. The lowest BCUT2D eigenvalue weighted by Crippen LogP contribution is -2.17. The number of pyridine rings is 1. The van der Waals surface area contributed by atoms with Gasteiger partial charge in [-0.1, -0.05) is 13.0 Å². The third kappa shape index (κ3) is 3.35. The van der Waals surface area contributed by atoms with Crippen LogP contribution in [0, 0.1) is 0 Å². The third-order valence-electron chi connectivity index (χ3n) is 2.29. The van der Waals surface area contributed by atoms with E-state index in [9.17, 15) is 0 Å². The maximum absolute atomic E-state index is 5.53. The maximum Gasteiger partial charge on any atom is 0.266 e. The van der Waals surface area contributed by atoms with Gasteiger partial charge in [-0.2, -0.15) is 0 Å². The molecule has 0 unspecified atom stereocenters. The Hall–Kier alpha value is -1.75. The number of aromatic nitrogens is 3. The van der Waals surface area contributed by atoms with Crippen LogP contribution in [0.1, 0.15) is 19.2 Å². The minimum absolute atomic E-state index is 0.482. The standard InChI is InChI=1S/C12H16N4O/c1-2-7-13-9-6-11-15-16-12(17-11)10-5-3-4-8-14-10/h3-5,8,13H,2,6-7,9H2,1H3. The lowest BCUT2D eigenvalue weighted by molar-refractivity contribution is 0.493. The summed E-state index contributed by atoms with van der Waals surface area (Å²) in [6, 6.07) is 5.61. The van der Waals surface area contributed by atoms with Crippen LogP contribution in [0.2, 0.25) is 0 Å². The van der Waals surface area contributed by atoms with Gasteiger partial charge < -0.3 is 9.73 Å². The topological polar surface area (TPSA) is 63.8 Å². The Morgan fingerprint density at radius 1 is 1.24 bits per heavy atom. The van der Waals surface area contributed by atoms with E-state index in [-0.39, 0.29) is 0 Å². The molecule has 0 aliphatic carbocycles. The maximum atomic E-state index is 5.53. The van der Waals surface area contributed by atoms with Gasteiger partial charge in [0, 0.05) is 19.2 Å². The molecule has 5 heteroatoms. The lowest BCUT2D eigenvalue weighted by Gasteiger charge is -1.98. The van der Waals surface area contributed by atoms with Crippen molar-refractivity contribution in [1.82, 2.24) is 20.5 Å². The predicted molar refractivity (Wildman–Crippen MR) is 64.4 cm³/mol. The minimum Gasteiger partial charge on any atom is -0.419 e. The zero-order chi connectivity index (χ0) is 11.9. The molecule has 0 atom stereocenters. The first-order valence-corrected chi connectivity index (χ1v) is 5.84. The van der Waals surface area contributed by atoms with Gasteiger partial charge in [0.1, 0.15) is 5.69 Å². The predicted octanol–water partition coefficient (Wildman–Crippen LogP) is 1.67. The average molecular weight is 232 g/mol. The van der Waals surface area contributed by atoms with Gasteiger partial charge in [-0.3, -0.25) is 4.98 Å². The normalized spacial score (nSPS) is 10.6. The van der Waals surface area contributed by atoms with Gasteiger partial charge in [-0.25, -0.2) is 0 Å². The molecule has 2 aromatic rings. The molecular formula is C12H16N4O. The average Bonchev–Trinajstić information content (AvgIpc) is 2.85. The van der Waals surface area contributed by atoms with Gasteiger partial charge in [0.2, 0.25) is 5.89 Å². The number of hydrogen-bond acceptors (Lipinski definition) is 5. The molecule has 0 aliphatic heterocycles. The molecule has 90 valence electrons. The van der Waals surface area contributed by atoms with Crippen LogP contribution < -0.4 is 5.32 Å². The summed E-state index contributed by atoms with van der Waals surface area (Å²) in [5.41, 5.74) is 0.716. The Morgan fingerprint density at radius 2 is 2.18 bits per heavy atom. The Kier molecular flexibility index (Phi) is 4.21. The van der Waals surface area contributed by atoms with Crippen LogP contribution in [-0.2, 0) is 6.42 Å². The molecule has 0 fully saturated rings. The summed E-state index contributed by atoms with van der Waals surface area (Å²) in [7, 11) is 0. The van der Waals surface area contributed by atoms with Crippen LogP contribution in [0.3, 0.4) is 0 Å². The van der Waals surface area contributed by atoms with E-state index in [4.69, 9.17) is 4.42 Å². The first-order valence-electron chi connectivity index (χ1n) is 5.84. The zero-order valence-electron chi connectivity index (χ0n) is 9.89. The van der Waals surface area contributed by atoms with E-state index in [1.165, 1.54) is 0 Å². The molecular weight excluding hydrogens is 216 g/mol. The first kappa shape index (κ1) is 11.7. The van der Waals surface area contributed by atoms with Crippen LogP contribution in [0.5, 0.6) is 0 Å². The molecule has 0 aromatic carbocycles. The summed E-state index contributed by atoms with van der Waals surface area (Å²) in [6.45, 7) is 4.01. The van der Waals surface area contributed by atoms with Gasteiger partial charge in [0.05, 0.1) is 0 Å². The van der Waals surface area contributed by atoms with E-state index in [1.54, 1.807) is 6.20 Å². The molecule has 1 N–H and O–H groups in total. The van der Waals surface area contributed by atoms with Crippen LogP contribution in [0.25, 0.3) is 11.6 Å². The SMILES string of the molecule is CCCNCCc1nnc(-c2ccccn2)o1. The van der Waals surface area contributed by atoms with Crippen LogP contribution in [0.15, 0.2) is 28.8 Å². The summed E-state index contributed by atoms with van der Waals surface area (Å²) in [4.78, 5) is 4.16. The van der Waals surface area contributed by atoms with Crippen LogP contribution in [0.4, 0.5) is 0 Å². The number of hydrogen-bond donors (Lipinski definition) is 1. The van der Waals surface area contributed by atoms with Crippen molar-refractivity contribution in [3.63, 3.8) is 0 Å². The fourth-order valence-corrected chi connectivity index (χ4v) is 1.44. The van der Waals surface area contributed by atoms with E-state index in [1.807, 2.05) is 18.2 Å². The minimum atomic E-state index is 0.482. The fourth-order valence-electron chi connectivity index (χ4n) is 1.44. The first-order chi connectivity index (χ1) is 8.40. The summed E-state index contributed by atoms with van der Waals surface area (Å²) in [6.07, 6.45) is 3.59. The Bertz CT molecular complexity index is 441. The fraction of sp³-hybridized carbons (Fsp3) is 0.417. The third-order valence-corrected chi connectivity index (χ3v) is 2.29. The van der Waals surface area contributed by atoms with Crippen molar-refractivity contribution in [2.24, 2.45) is 0 Å². The summed E-state index contributed by atoms with van der Waals surface area (Å²) in [5, 5.41) is 11.3. The quantitative estimate of drug-likeness (QED) is 0.767. The monoisotopic (exact) mass is 232 g/mol. The van der Waals surface area contributed by atoms with Gasteiger partial charge in [0.25, 0.3) is 5.89 Å². The molecule has 0 amide bonds. The molecule has 0 radical (unpaired) electrons. The van der Waals surface area contributed by atoms with Crippen molar-refractivity contribution in [2.45, 2.75) is 19.8 Å². The van der Waals surface area contributed by atoms with Crippen molar-refractivity contribution in [1.29, 1.82) is 0 Å². The second-order valence-electron chi connectivity index (χ2n) is 3.72. The lowest BCUT2D eigenvalue weighted by atomic mass is 10.3. The van der Waals surface area contributed by atoms with E-state index < -0.39 is 0 Å². The van der Waals surface area contributed by atoms with Crippen molar-refractivity contribution >= 4 is 0 Å². The molecule has 2 aromatic heterocycles. The number of nitrogens with zero attached hydrogens (tertiary/aromatic N) is 3. The molecule has 2 rings (SSSR count).